The van der Waals surface area contributed by atoms with Crippen molar-refractivity contribution in [3.63, 3.8) is 0 Å². The number of hydrogen-bond donors (Lipinski definition) is 1. The van der Waals surface area contributed by atoms with Gasteiger partial charge in [-0.1, -0.05) is 0 Å². The van der Waals surface area contributed by atoms with Crippen molar-refractivity contribution >= 4 is 33.2 Å². The van der Waals surface area contributed by atoms with E-state index in [2.05, 4.69) is 5.32 Å². The molecule has 2 amide bonds. The van der Waals surface area contributed by atoms with E-state index in [1.165, 1.54) is 22.2 Å². The predicted octanol–water partition coefficient (Wildman–Crippen LogP) is 2.79. The number of benzene rings is 2. The summed E-state index contributed by atoms with van der Waals surface area (Å²) in [6.07, 6.45) is 1.97. The number of nitrogens with one attached hydrogen (secondary N) is 1. The second-order valence-corrected chi connectivity index (χ2v) is 9.90. The van der Waals surface area contributed by atoms with Gasteiger partial charge in [0, 0.05) is 37.8 Å². The quantitative estimate of drug-likeness (QED) is 0.720. The van der Waals surface area contributed by atoms with Crippen LogP contribution in [0.4, 0.5) is 11.4 Å². The van der Waals surface area contributed by atoms with E-state index in [0.717, 1.165) is 12.8 Å². The van der Waals surface area contributed by atoms with E-state index >= 15 is 0 Å². The van der Waals surface area contributed by atoms with Crippen molar-refractivity contribution < 1.29 is 22.7 Å². The van der Waals surface area contributed by atoms with Crippen LogP contribution in [0.3, 0.4) is 0 Å². The van der Waals surface area contributed by atoms with Crippen LogP contribution >= 0.6 is 0 Å². The molecular weight excluding hydrogens is 430 g/mol. The number of rotatable bonds is 6. The molecule has 0 bridgehead atoms. The van der Waals surface area contributed by atoms with Crippen molar-refractivity contribution in [2.75, 3.05) is 29.9 Å². The Hall–Kier alpha value is -2.91. The summed E-state index contributed by atoms with van der Waals surface area (Å²) in [5.74, 6) is 0.103. The van der Waals surface area contributed by atoms with Crippen molar-refractivity contribution in [2.45, 2.75) is 44.0 Å². The molecule has 32 heavy (non-hydrogen) atoms. The molecule has 2 aromatic rings. The molecule has 0 unspecified atom stereocenters. The molecule has 2 aliphatic heterocycles. The van der Waals surface area contributed by atoms with E-state index in [9.17, 15) is 18.0 Å². The normalized spacial score (nSPS) is 18.4. The highest BCUT2D eigenvalue weighted by Gasteiger charge is 2.38. The lowest BCUT2D eigenvalue weighted by Crippen LogP contribution is -2.44. The Morgan fingerprint density at radius 3 is 2.41 bits per heavy atom. The highest BCUT2D eigenvalue weighted by atomic mass is 32.2. The highest BCUT2D eigenvalue weighted by Crippen LogP contribution is 2.35. The van der Waals surface area contributed by atoms with Crippen LogP contribution in [0.2, 0.25) is 0 Å². The molecule has 2 heterocycles. The maximum Gasteiger partial charge on any atom is 0.247 e. The van der Waals surface area contributed by atoms with Crippen molar-refractivity contribution in [1.82, 2.24) is 4.31 Å². The largest absolute Gasteiger partial charge is 0.494 e. The van der Waals surface area contributed by atoms with Gasteiger partial charge in [0.05, 0.1) is 11.5 Å². The molecule has 0 spiro atoms. The zero-order valence-electron chi connectivity index (χ0n) is 18.2. The van der Waals surface area contributed by atoms with Crippen LogP contribution in [0.5, 0.6) is 5.75 Å². The van der Waals surface area contributed by atoms with E-state index < -0.39 is 16.1 Å². The Balaban J connectivity index is 1.56. The van der Waals surface area contributed by atoms with Gasteiger partial charge in [0.15, 0.2) is 0 Å². The molecular formula is C23H27N3O5S. The molecule has 0 aromatic heterocycles. The lowest BCUT2D eigenvalue weighted by atomic mass is 10.1. The fourth-order valence-electron chi connectivity index (χ4n) is 4.29. The molecule has 0 radical (unpaired) electrons. The van der Waals surface area contributed by atoms with Crippen molar-refractivity contribution in [2.24, 2.45) is 0 Å². The average molecular weight is 458 g/mol. The lowest BCUT2D eigenvalue weighted by molar-refractivity contribution is -0.122. The van der Waals surface area contributed by atoms with Crippen LogP contribution in [-0.4, -0.2) is 50.3 Å². The van der Waals surface area contributed by atoms with E-state index in [1.807, 2.05) is 6.92 Å². The summed E-state index contributed by atoms with van der Waals surface area (Å²) in [6.45, 7) is 4.89. The van der Waals surface area contributed by atoms with Crippen LogP contribution in [-0.2, 0) is 26.0 Å². The van der Waals surface area contributed by atoms with Gasteiger partial charge in [-0.2, -0.15) is 4.31 Å². The Bertz CT molecular complexity index is 1120. The van der Waals surface area contributed by atoms with Crippen LogP contribution < -0.4 is 15.0 Å². The summed E-state index contributed by atoms with van der Waals surface area (Å²) in [5, 5.41) is 2.85. The minimum atomic E-state index is -3.58. The van der Waals surface area contributed by atoms with Gasteiger partial charge in [-0.05, 0) is 67.8 Å². The highest BCUT2D eigenvalue weighted by molar-refractivity contribution is 7.89. The van der Waals surface area contributed by atoms with Crippen molar-refractivity contribution in [3.05, 3.63) is 48.0 Å². The number of nitrogens with zero attached hydrogens (tertiary/aromatic N) is 2. The third-order valence-electron chi connectivity index (χ3n) is 5.81. The van der Waals surface area contributed by atoms with Crippen molar-refractivity contribution in [3.8, 4) is 5.75 Å². The topological polar surface area (TPSA) is 96.0 Å². The van der Waals surface area contributed by atoms with Gasteiger partial charge in [-0.15, -0.1) is 0 Å². The summed E-state index contributed by atoms with van der Waals surface area (Å²) in [4.78, 5) is 27.1. The summed E-state index contributed by atoms with van der Waals surface area (Å²) in [7, 11) is -3.58. The summed E-state index contributed by atoms with van der Waals surface area (Å²) >= 11 is 0. The van der Waals surface area contributed by atoms with Crippen LogP contribution in [0, 0.1) is 0 Å². The van der Waals surface area contributed by atoms with Crippen molar-refractivity contribution in [1.29, 1.82) is 0 Å². The summed E-state index contributed by atoms with van der Waals surface area (Å²) in [5.41, 5.74) is 1.84. The number of carbonyl (C=O) groups is 2. The standard InChI is InChI=1S/C23H27N3O5S/c1-3-31-19-8-6-18(7-9-19)24-23(28)22-15-17-14-20(10-11-21(17)26(22)16(2)27)32(29,30)25-12-4-5-13-25/h6-11,14,22H,3-5,12-13,15H2,1-2H3,(H,24,28)/t22-/m0/s1. The number of ether oxygens (including phenoxy) is 1. The van der Waals surface area contributed by atoms with Gasteiger partial charge in [0.1, 0.15) is 11.8 Å². The molecule has 0 saturated carbocycles. The van der Waals surface area contributed by atoms with Gasteiger partial charge < -0.3 is 10.1 Å². The Morgan fingerprint density at radius 1 is 1.09 bits per heavy atom. The maximum absolute atomic E-state index is 13.0. The van der Waals surface area contributed by atoms with E-state index in [0.29, 0.717) is 42.4 Å². The number of fused-ring (bicyclic) bond motifs is 1. The first-order valence-corrected chi connectivity index (χ1v) is 12.2. The third kappa shape index (κ3) is 4.22. The number of anilines is 2. The minimum absolute atomic E-state index is 0.203. The fraction of sp³-hybridized carbons (Fsp3) is 0.391. The second-order valence-electron chi connectivity index (χ2n) is 7.96. The number of sulfonamides is 1. The molecule has 1 fully saturated rings. The molecule has 9 heteroatoms. The maximum atomic E-state index is 13.0. The molecule has 0 aliphatic carbocycles. The number of amides is 2. The molecule has 2 aromatic carbocycles. The van der Waals surface area contributed by atoms with Crippen LogP contribution in [0.25, 0.3) is 0 Å². The smallest absolute Gasteiger partial charge is 0.247 e. The fourth-order valence-corrected chi connectivity index (χ4v) is 5.86. The van der Waals surface area contributed by atoms with E-state index in [-0.39, 0.29) is 23.1 Å². The first-order valence-electron chi connectivity index (χ1n) is 10.8. The summed E-state index contributed by atoms with van der Waals surface area (Å²) < 4.78 is 32.8. The molecule has 2 aliphatic rings. The first kappa shape index (κ1) is 22.3. The third-order valence-corrected chi connectivity index (χ3v) is 7.71. The monoisotopic (exact) mass is 457 g/mol. The van der Waals surface area contributed by atoms with Gasteiger partial charge >= 0.3 is 0 Å². The van der Waals surface area contributed by atoms with Gasteiger partial charge in [-0.3, -0.25) is 14.5 Å². The number of hydrogen-bond acceptors (Lipinski definition) is 5. The minimum Gasteiger partial charge on any atom is -0.494 e. The Labute approximate surface area is 188 Å². The van der Waals surface area contributed by atoms with Crippen LogP contribution in [0.15, 0.2) is 47.4 Å². The molecule has 170 valence electrons. The van der Waals surface area contributed by atoms with E-state index in [4.69, 9.17) is 4.74 Å². The lowest BCUT2D eigenvalue weighted by Gasteiger charge is -2.23. The van der Waals surface area contributed by atoms with E-state index in [1.54, 1.807) is 36.4 Å². The van der Waals surface area contributed by atoms with Gasteiger partial charge in [-0.25, -0.2) is 8.42 Å². The van der Waals surface area contributed by atoms with Crippen LogP contribution in [0.1, 0.15) is 32.3 Å². The molecule has 1 N–H and O–H groups in total. The Morgan fingerprint density at radius 2 is 1.78 bits per heavy atom. The van der Waals surface area contributed by atoms with Gasteiger partial charge in [0.25, 0.3) is 0 Å². The average Bonchev–Trinajstić information content (AvgIpc) is 3.43. The summed E-state index contributed by atoms with van der Waals surface area (Å²) in [6, 6.07) is 11.0. The second kappa shape index (κ2) is 8.91. The zero-order chi connectivity index (χ0) is 22.9. The molecule has 1 saturated heterocycles. The SMILES string of the molecule is CCOc1ccc(NC(=O)[C@@H]2Cc3cc(S(=O)(=O)N4CCCC4)ccc3N2C(C)=O)cc1. The first-order chi connectivity index (χ1) is 15.3. The Kier molecular flexibility index (Phi) is 6.21. The van der Waals surface area contributed by atoms with Gasteiger partial charge in [0.2, 0.25) is 21.8 Å². The molecule has 8 nitrogen and oxygen atoms in total. The number of carbonyl (C=O) groups excluding carboxylic acids is 2. The predicted molar refractivity (Wildman–Crippen MR) is 121 cm³/mol. The zero-order valence-corrected chi connectivity index (χ0v) is 19.0. The molecule has 4 rings (SSSR count). The molecule has 1 atom stereocenters.